The van der Waals surface area contributed by atoms with Crippen LogP contribution in [0.5, 0.6) is 5.75 Å². The maximum atomic E-state index is 12.3. The number of nitrogens with one attached hydrogen (secondary N) is 1. The van der Waals surface area contributed by atoms with Crippen molar-refractivity contribution in [2.24, 2.45) is 0 Å². The quantitative estimate of drug-likeness (QED) is 0.585. The SMILES string of the molecule is CC(C)c1ccc(OCC(=O)OCC(=O)c2ccc3c(c2)[C@H](C)C(=O)N3)cc1. The Morgan fingerprint density at radius 2 is 1.79 bits per heavy atom. The highest BCUT2D eigenvalue weighted by molar-refractivity contribution is 6.05. The molecule has 0 aliphatic carbocycles. The molecule has 0 unspecified atom stereocenters. The molecule has 6 heteroatoms. The second-order valence-electron chi connectivity index (χ2n) is 7.11. The van der Waals surface area contributed by atoms with E-state index in [4.69, 9.17) is 9.47 Å². The topological polar surface area (TPSA) is 81.7 Å². The Morgan fingerprint density at radius 3 is 2.46 bits per heavy atom. The lowest BCUT2D eigenvalue weighted by Gasteiger charge is -2.09. The van der Waals surface area contributed by atoms with Crippen molar-refractivity contribution in [3.8, 4) is 5.75 Å². The summed E-state index contributed by atoms with van der Waals surface area (Å²) in [7, 11) is 0. The Morgan fingerprint density at radius 1 is 1.07 bits per heavy atom. The molecule has 1 atom stereocenters. The van der Waals surface area contributed by atoms with Crippen molar-refractivity contribution in [2.45, 2.75) is 32.6 Å². The van der Waals surface area contributed by atoms with E-state index in [2.05, 4.69) is 19.2 Å². The molecule has 0 bridgehead atoms. The summed E-state index contributed by atoms with van der Waals surface area (Å²) < 4.78 is 10.4. The van der Waals surface area contributed by atoms with Gasteiger partial charge in [-0.25, -0.2) is 4.79 Å². The number of benzene rings is 2. The summed E-state index contributed by atoms with van der Waals surface area (Å²) in [5.74, 6) is -0.361. The van der Waals surface area contributed by atoms with E-state index < -0.39 is 5.97 Å². The molecule has 28 heavy (non-hydrogen) atoms. The number of fused-ring (bicyclic) bond motifs is 1. The number of anilines is 1. The summed E-state index contributed by atoms with van der Waals surface area (Å²) in [6, 6.07) is 12.5. The average Bonchev–Trinajstić information content (AvgIpc) is 2.98. The fourth-order valence-corrected chi connectivity index (χ4v) is 2.95. The highest BCUT2D eigenvalue weighted by Crippen LogP contribution is 2.32. The van der Waals surface area contributed by atoms with Crippen LogP contribution in [0, 0.1) is 0 Å². The summed E-state index contributed by atoms with van der Waals surface area (Å²) in [6.45, 7) is 5.33. The van der Waals surface area contributed by atoms with Gasteiger partial charge in [0.15, 0.2) is 19.0 Å². The van der Waals surface area contributed by atoms with Crippen molar-refractivity contribution >= 4 is 23.3 Å². The van der Waals surface area contributed by atoms with Crippen LogP contribution in [-0.2, 0) is 14.3 Å². The molecule has 2 aromatic carbocycles. The van der Waals surface area contributed by atoms with E-state index in [9.17, 15) is 14.4 Å². The van der Waals surface area contributed by atoms with Gasteiger partial charge in [0.25, 0.3) is 0 Å². The molecule has 3 rings (SSSR count). The van der Waals surface area contributed by atoms with Gasteiger partial charge in [-0.3, -0.25) is 9.59 Å². The molecule has 6 nitrogen and oxygen atoms in total. The van der Waals surface area contributed by atoms with Crippen molar-refractivity contribution in [1.82, 2.24) is 0 Å². The number of rotatable bonds is 7. The number of ketones is 1. The summed E-state index contributed by atoms with van der Waals surface area (Å²) in [5, 5.41) is 2.75. The zero-order chi connectivity index (χ0) is 20.3. The highest BCUT2D eigenvalue weighted by atomic mass is 16.6. The van der Waals surface area contributed by atoms with E-state index in [0.717, 1.165) is 5.56 Å². The van der Waals surface area contributed by atoms with Crippen molar-refractivity contribution in [3.05, 3.63) is 59.2 Å². The fraction of sp³-hybridized carbons (Fsp3) is 0.318. The first kappa shape index (κ1) is 19.6. The molecule has 0 aromatic heterocycles. The number of Topliss-reactive ketones (excluding diaryl/α,β-unsaturated/α-hetero) is 1. The molecule has 0 radical (unpaired) electrons. The van der Waals surface area contributed by atoms with Gasteiger partial charge in [0.1, 0.15) is 5.75 Å². The van der Waals surface area contributed by atoms with Gasteiger partial charge < -0.3 is 14.8 Å². The Hall–Kier alpha value is -3.15. The Labute approximate surface area is 163 Å². The second kappa shape index (κ2) is 8.25. The van der Waals surface area contributed by atoms with Crippen LogP contribution in [0.15, 0.2) is 42.5 Å². The molecule has 146 valence electrons. The van der Waals surface area contributed by atoms with Crippen molar-refractivity contribution < 1.29 is 23.9 Å². The molecule has 1 N–H and O–H groups in total. The number of ether oxygens (including phenoxy) is 2. The smallest absolute Gasteiger partial charge is 0.344 e. The lowest BCUT2D eigenvalue weighted by Crippen LogP contribution is -2.19. The van der Waals surface area contributed by atoms with E-state index in [0.29, 0.717) is 22.9 Å². The van der Waals surface area contributed by atoms with Crippen LogP contribution in [0.3, 0.4) is 0 Å². The molecule has 0 spiro atoms. The molecule has 0 saturated carbocycles. The Bertz CT molecular complexity index is 902. The van der Waals surface area contributed by atoms with Crippen molar-refractivity contribution in [1.29, 1.82) is 0 Å². The number of hydrogen-bond acceptors (Lipinski definition) is 5. The predicted octanol–water partition coefficient (Wildman–Crippen LogP) is 3.67. The first-order valence-electron chi connectivity index (χ1n) is 9.21. The lowest BCUT2D eigenvalue weighted by molar-refractivity contribution is -0.144. The van der Waals surface area contributed by atoms with Gasteiger partial charge >= 0.3 is 5.97 Å². The van der Waals surface area contributed by atoms with Crippen LogP contribution >= 0.6 is 0 Å². The zero-order valence-corrected chi connectivity index (χ0v) is 16.2. The minimum Gasteiger partial charge on any atom is -0.482 e. The lowest BCUT2D eigenvalue weighted by atomic mass is 9.99. The Balaban J connectivity index is 1.49. The molecule has 1 heterocycles. The summed E-state index contributed by atoms with van der Waals surface area (Å²) in [4.78, 5) is 35.8. The number of esters is 1. The second-order valence-corrected chi connectivity index (χ2v) is 7.11. The molecular formula is C22H23NO5. The van der Waals surface area contributed by atoms with Crippen LogP contribution in [0.25, 0.3) is 0 Å². The molecule has 1 amide bonds. The Kier molecular flexibility index (Phi) is 5.78. The minimum absolute atomic E-state index is 0.0930. The maximum Gasteiger partial charge on any atom is 0.344 e. The van der Waals surface area contributed by atoms with Crippen molar-refractivity contribution in [2.75, 3.05) is 18.5 Å². The molecule has 0 saturated heterocycles. The van der Waals surface area contributed by atoms with Gasteiger partial charge in [0.05, 0.1) is 5.92 Å². The average molecular weight is 381 g/mol. The van der Waals surface area contributed by atoms with E-state index in [1.807, 2.05) is 12.1 Å². The number of carbonyl (C=O) groups is 3. The normalized spacial score (nSPS) is 15.1. The van der Waals surface area contributed by atoms with Gasteiger partial charge in [-0.05, 0) is 54.3 Å². The number of carbonyl (C=O) groups excluding carboxylic acids is 3. The van der Waals surface area contributed by atoms with E-state index >= 15 is 0 Å². The third-order valence-corrected chi connectivity index (χ3v) is 4.76. The van der Waals surface area contributed by atoms with Crippen LogP contribution in [-0.4, -0.2) is 30.9 Å². The first-order valence-corrected chi connectivity index (χ1v) is 9.21. The van der Waals surface area contributed by atoms with Gasteiger partial charge in [-0.2, -0.15) is 0 Å². The summed E-state index contributed by atoms with van der Waals surface area (Å²) in [5.41, 5.74) is 3.07. The van der Waals surface area contributed by atoms with E-state index in [-0.39, 0.29) is 30.8 Å². The van der Waals surface area contributed by atoms with Crippen molar-refractivity contribution in [3.63, 3.8) is 0 Å². The minimum atomic E-state index is -0.618. The summed E-state index contributed by atoms with van der Waals surface area (Å²) >= 11 is 0. The molecule has 2 aromatic rings. The third-order valence-electron chi connectivity index (χ3n) is 4.76. The van der Waals surface area contributed by atoms with Crippen LogP contribution in [0.1, 0.15) is 54.1 Å². The first-order chi connectivity index (χ1) is 13.3. The van der Waals surface area contributed by atoms with Crippen LogP contribution in [0.4, 0.5) is 5.69 Å². The molecule has 1 aliphatic heterocycles. The van der Waals surface area contributed by atoms with Gasteiger partial charge in [-0.15, -0.1) is 0 Å². The predicted molar refractivity (Wildman–Crippen MR) is 105 cm³/mol. The standard InChI is InChI=1S/C22H23NO5/c1-13(2)15-4-7-17(8-5-15)27-12-21(25)28-11-20(24)16-6-9-19-18(10-16)14(3)22(26)23-19/h4-10,13-14H,11-12H2,1-3H3,(H,23,26)/t14-/m0/s1. The zero-order valence-electron chi connectivity index (χ0n) is 16.2. The number of hydrogen-bond donors (Lipinski definition) is 1. The van der Waals surface area contributed by atoms with E-state index in [1.165, 1.54) is 5.56 Å². The molecule has 1 aliphatic rings. The largest absolute Gasteiger partial charge is 0.482 e. The van der Waals surface area contributed by atoms with Gasteiger partial charge in [0.2, 0.25) is 5.91 Å². The fourth-order valence-electron chi connectivity index (χ4n) is 2.95. The van der Waals surface area contributed by atoms with Gasteiger partial charge in [-0.1, -0.05) is 26.0 Å². The van der Waals surface area contributed by atoms with E-state index in [1.54, 1.807) is 37.3 Å². The van der Waals surface area contributed by atoms with Gasteiger partial charge in [0, 0.05) is 11.3 Å². The summed E-state index contributed by atoms with van der Waals surface area (Å²) in [6.07, 6.45) is 0. The monoisotopic (exact) mass is 381 g/mol. The molecule has 0 fully saturated rings. The van der Waals surface area contributed by atoms with Crippen LogP contribution in [0.2, 0.25) is 0 Å². The highest BCUT2D eigenvalue weighted by Gasteiger charge is 2.27. The molecular weight excluding hydrogens is 358 g/mol. The van der Waals surface area contributed by atoms with Crippen LogP contribution < -0.4 is 10.1 Å². The maximum absolute atomic E-state index is 12.3. The number of amides is 1. The third kappa shape index (κ3) is 4.39.